The first-order chi connectivity index (χ1) is 10.1. The molecule has 0 radical (unpaired) electrons. The van der Waals surface area contributed by atoms with Crippen molar-refractivity contribution in [3.63, 3.8) is 0 Å². The highest BCUT2D eigenvalue weighted by Gasteiger charge is 2.22. The number of piperazine rings is 1. The van der Waals surface area contributed by atoms with Crippen LogP contribution in [0.25, 0.3) is 10.9 Å². The lowest BCUT2D eigenvalue weighted by Crippen LogP contribution is -2.48. The molecule has 1 amide bonds. The first-order valence-electron chi connectivity index (χ1n) is 7.06. The monoisotopic (exact) mass is 303 g/mol. The number of amides is 1. The molecule has 0 unspecified atom stereocenters. The molecule has 0 spiro atoms. The highest BCUT2D eigenvalue weighted by atomic mass is 35.5. The molecule has 0 bridgehead atoms. The normalized spacial score (nSPS) is 16.7. The Morgan fingerprint density at radius 2 is 2.05 bits per heavy atom. The topological polar surface area (TPSA) is 36.4 Å². The first-order valence-corrected chi connectivity index (χ1v) is 7.44. The lowest BCUT2D eigenvalue weighted by atomic mass is 10.1. The van der Waals surface area contributed by atoms with E-state index >= 15 is 0 Å². The summed E-state index contributed by atoms with van der Waals surface area (Å²) in [6.07, 6.45) is 0. The Hall–Kier alpha value is -1.65. The van der Waals surface area contributed by atoms with Crippen LogP contribution in [0.3, 0.4) is 0 Å². The van der Waals surface area contributed by atoms with Crippen LogP contribution in [0.15, 0.2) is 24.3 Å². The lowest BCUT2D eigenvalue weighted by molar-refractivity contribution is -0.134. The number of likely N-dealkylation sites (N-methyl/N-ethyl adjacent to an activating group) is 1. The quantitative estimate of drug-likeness (QED) is 0.855. The van der Waals surface area contributed by atoms with E-state index in [0.717, 1.165) is 35.2 Å². The van der Waals surface area contributed by atoms with E-state index < -0.39 is 0 Å². The van der Waals surface area contributed by atoms with Crippen LogP contribution in [0.4, 0.5) is 0 Å². The Kier molecular flexibility index (Phi) is 3.83. The standard InChI is InChI=1S/C16H18ClN3O/c1-11-12-5-3-4-6-13(12)18-14(16(11)17)9-20-8-7-19(2)15(21)10-20/h3-6H,7-10H2,1-2H3. The highest BCUT2D eigenvalue weighted by molar-refractivity contribution is 6.32. The summed E-state index contributed by atoms with van der Waals surface area (Å²) in [7, 11) is 1.84. The van der Waals surface area contributed by atoms with Gasteiger partial charge in [0.05, 0.1) is 22.8 Å². The summed E-state index contributed by atoms with van der Waals surface area (Å²) in [5.74, 6) is 0.148. The van der Waals surface area contributed by atoms with E-state index in [9.17, 15) is 4.79 Å². The molecule has 3 rings (SSSR count). The summed E-state index contributed by atoms with van der Waals surface area (Å²) in [5.41, 5.74) is 2.86. The second kappa shape index (κ2) is 5.62. The third kappa shape index (κ3) is 2.74. The van der Waals surface area contributed by atoms with Crippen molar-refractivity contribution < 1.29 is 4.79 Å². The second-order valence-corrected chi connectivity index (χ2v) is 5.92. The van der Waals surface area contributed by atoms with E-state index in [1.165, 1.54) is 0 Å². The van der Waals surface area contributed by atoms with Gasteiger partial charge in [-0.25, -0.2) is 4.98 Å². The van der Waals surface area contributed by atoms with Gasteiger partial charge in [-0.1, -0.05) is 29.8 Å². The predicted molar refractivity (Wildman–Crippen MR) is 84.4 cm³/mol. The Labute approximate surface area is 129 Å². The summed E-state index contributed by atoms with van der Waals surface area (Å²) in [6, 6.07) is 8.00. The molecule has 0 saturated carbocycles. The molecule has 5 heteroatoms. The van der Waals surface area contributed by atoms with Crippen LogP contribution in [-0.2, 0) is 11.3 Å². The SMILES string of the molecule is Cc1c(Cl)c(CN2CCN(C)C(=O)C2)nc2ccccc12. The fraction of sp³-hybridized carbons (Fsp3) is 0.375. The molecule has 2 aromatic rings. The van der Waals surface area contributed by atoms with Crippen LogP contribution in [0.5, 0.6) is 0 Å². The van der Waals surface area contributed by atoms with Crippen molar-refractivity contribution >= 4 is 28.4 Å². The Balaban J connectivity index is 1.90. The van der Waals surface area contributed by atoms with Gasteiger partial charge in [-0.3, -0.25) is 9.69 Å². The van der Waals surface area contributed by atoms with E-state index in [0.29, 0.717) is 18.1 Å². The maximum atomic E-state index is 11.8. The first kappa shape index (κ1) is 14.3. The third-order valence-corrected chi connectivity index (χ3v) is 4.56. The Morgan fingerprint density at radius 3 is 2.81 bits per heavy atom. The molecule has 0 atom stereocenters. The molecule has 1 aliphatic rings. The van der Waals surface area contributed by atoms with Crippen molar-refractivity contribution in [3.8, 4) is 0 Å². The average molecular weight is 304 g/mol. The minimum atomic E-state index is 0.148. The van der Waals surface area contributed by atoms with E-state index in [2.05, 4.69) is 9.88 Å². The second-order valence-electron chi connectivity index (χ2n) is 5.54. The van der Waals surface area contributed by atoms with Gasteiger partial charge in [-0.15, -0.1) is 0 Å². The van der Waals surface area contributed by atoms with Gasteiger partial charge in [0.2, 0.25) is 5.91 Å². The van der Waals surface area contributed by atoms with Crippen molar-refractivity contribution in [2.45, 2.75) is 13.5 Å². The molecule has 1 aromatic carbocycles. The number of halogens is 1. The molecule has 1 aliphatic heterocycles. The highest BCUT2D eigenvalue weighted by Crippen LogP contribution is 2.27. The summed E-state index contributed by atoms with van der Waals surface area (Å²) in [6.45, 7) is 4.67. The lowest BCUT2D eigenvalue weighted by Gasteiger charge is -2.31. The molecule has 1 saturated heterocycles. The predicted octanol–water partition coefficient (Wildman–Crippen LogP) is 2.47. The molecular formula is C16H18ClN3O. The van der Waals surface area contributed by atoms with Crippen LogP contribution in [0.2, 0.25) is 5.02 Å². The van der Waals surface area contributed by atoms with Crippen LogP contribution in [0, 0.1) is 6.92 Å². The smallest absolute Gasteiger partial charge is 0.236 e. The van der Waals surface area contributed by atoms with Crippen LogP contribution in [-0.4, -0.2) is 47.4 Å². The maximum absolute atomic E-state index is 11.8. The molecular weight excluding hydrogens is 286 g/mol. The number of aromatic nitrogens is 1. The molecule has 2 heterocycles. The van der Waals surface area contributed by atoms with Crippen molar-refractivity contribution in [1.82, 2.24) is 14.8 Å². The van der Waals surface area contributed by atoms with Crippen molar-refractivity contribution in [1.29, 1.82) is 0 Å². The zero-order valence-electron chi connectivity index (χ0n) is 12.3. The van der Waals surface area contributed by atoms with Gasteiger partial charge in [-0.2, -0.15) is 0 Å². The number of carbonyl (C=O) groups is 1. The van der Waals surface area contributed by atoms with E-state index in [1.807, 2.05) is 38.2 Å². The van der Waals surface area contributed by atoms with Crippen molar-refractivity contribution in [2.24, 2.45) is 0 Å². The van der Waals surface area contributed by atoms with E-state index in [-0.39, 0.29) is 5.91 Å². The van der Waals surface area contributed by atoms with E-state index in [1.54, 1.807) is 4.90 Å². The molecule has 0 aliphatic carbocycles. The Bertz CT molecular complexity index is 701. The number of hydrogen-bond acceptors (Lipinski definition) is 3. The fourth-order valence-corrected chi connectivity index (χ4v) is 2.88. The number of fused-ring (bicyclic) bond motifs is 1. The third-order valence-electron chi connectivity index (χ3n) is 4.06. The Morgan fingerprint density at radius 1 is 1.29 bits per heavy atom. The van der Waals surface area contributed by atoms with Crippen LogP contribution in [0.1, 0.15) is 11.3 Å². The van der Waals surface area contributed by atoms with Gasteiger partial charge in [0, 0.05) is 32.1 Å². The number of aryl methyl sites for hydroxylation is 1. The minimum absolute atomic E-state index is 0.148. The molecule has 1 aromatic heterocycles. The molecule has 110 valence electrons. The maximum Gasteiger partial charge on any atom is 0.236 e. The summed E-state index contributed by atoms with van der Waals surface area (Å²) < 4.78 is 0. The zero-order chi connectivity index (χ0) is 15.0. The van der Waals surface area contributed by atoms with Gasteiger partial charge in [0.25, 0.3) is 0 Å². The summed E-state index contributed by atoms with van der Waals surface area (Å²) in [4.78, 5) is 20.3. The number of nitrogens with zero attached hydrogens (tertiary/aromatic N) is 3. The van der Waals surface area contributed by atoms with Gasteiger partial charge in [-0.05, 0) is 18.6 Å². The number of rotatable bonds is 2. The van der Waals surface area contributed by atoms with Crippen LogP contribution >= 0.6 is 11.6 Å². The average Bonchev–Trinajstić information content (AvgIpc) is 2.48. The number of carbonyl (C=O) groups excluding carboxylic acids is 1. The molecule has 1 fully saturated rings. The van der Waals surface area contributed by atoms with Gasteiger partial charge in [0.15, 0.2) is 0 Å². The van der Waals surface area contributed by atoms with Crippen molar-refractivity contribution in [2.75, 3.05) is 26.7 Å². The van der Waals surface area contributed by atoms with Crippen molar-refractivity contribution in [3.05, 3.63) is 40.5 Å². The number of benzene rings is 1. The summed E-state index contributed by atoms with van der Waals surface area (Å²) >= 11 is 6.47. The number of pyridine rings is 1. The van der Waals surface area contributed by atoms with Crippen LogP contribution < -0.4 is 0 Å². The van der Waals surface area contributed by atoms with Gasteiger partial charge in [0.1, 0.15) is 0 Å². The number of para-hydroxylation sites is 1. The fourth-order valence-electron chi connectivity index (χ4n) is 2.68. The largest absolute Gasteiger partial charge is 0.343 e. The zero-order valence-corrected chi connectivity index (χ0v) is 13.0. The van der Waals surface area contributed by atoms with Gasteiger partial charge >= 0.3 is 0 Å². The molecule has 4 nitrogen and oxygen atoms in total. The number of hydrogen-bond donors (Lipinski definition) is 0. The molecule has 21 heavy (non-hydrogen) atoms. The van der Waals surface area contributed by atoms with E-state index in [4.69, 9.17) is 11.6 Å². The minimum Gasteiger partial charge on any atom is -0.343 e. The van der Waals surface area contributed by atoms with Gasteiger partial charge < -0.3 is 4.90 Å². The molecule has 0 N–H and O–H groups in total. The summed E-state index contributed by atoms with van der Waals surface area (Å²) in [5, 5.41) is 1.79.